The molecule has 172 valence electrons. The summed E-state index contributed by atoms with van der Waals surface area (Å²) >= 11 is 0. The van der Waals surface area contributed by atoms with Crippen LogP contribution >= 0.6 is 0 Å². The molecule has 1 fully saturated rings. The zero-order valence-corrected chi connectivity index (χ0v) is 17.3. The van der Waals surface area contributed by atoms with E-state index in [2.05, 4.69) is 20.6 Å². The summed E-state index contributed by atoms with van der Waals surface area (Å²) < 4.78 is 68.9. The average Bonchev–Trinajstić information content (AvgIpc) is 2.75. The molecule has 1 aromatic heterocycles. The molecular weight excluding hydrogens is 444 g/mol. The zero-order valence-electron chi connectivity index (χ0n) is 17.3. The number of ether oxygens (including phenoxy) is 2. The Hall–Kier alpha value is -3.73. The summed E-state index contributed by atoms with van der Waals surface area (Å²) in [7, 11) is 1.19. The lowest BCUT2D eigenvalue weighted by Gasteiger charge is -2.26. The van der Waals surface area contributed by atoms with Crippen molar-refractivity contribution in [3.05, 3.63) is 65.6 Å². The van der Waals surface area contributed by atoms with Crippen molar-refractivity contribution >= 4 is 11.6 Å². The van der Waals surface area contributed by atoms with Gasteiger partial charge in [0.1, 0.15) is 41.0 Å². The highest BCUT2D eigenvalue weighted by atomic mass is 19.1. The van der Waals surface area contributed by atoms with E-state index in [-0.39, 0.29) is 23.2 Å². The molecule has 1 amide bonds. The molecule has 7 nitrogen and oxygen atoms in total. The van der Waals surface area contributed by atoms with Gasteiger partial charge >= 0.3 is 0 Å². The van der Waals surface area contributed by atoms with Gasteiger partial charge in [0.2, 0.25) is 5.88 Å². The molecule has 0 aliphatic carbocycles. The Bertz CT molecular complexity index is 1180. The molecule has 1 saturated heterocycles. The van der Waals surface area contributed by atoms with E-state index in [9.17, 15) is 18.0 Å². The number of aromatic nitrogens is 2. The summed E-state index contributed by atoms with van der Waals surface area (Å²) in [4.78, 5) is 20.5. The molecule has 2 N–H and O–H groups in total. The van der Waals surface area contributed by atoms with Gasteiger partial charge in [-0.2, -0.15) is 4.98 Å². The molecule has 33 heavy (non-hydrogen) atoms. The van der Waals surface area contributed by atoms with E-state index in [0.717, 1.165) is 37.4 Å². The van der Waals surface area contributed by atoms with Gasteiger partial charge in [-0.3, -0.25) is 4.79 Å². The number of rotatable bonds is 7. The van der Waals surface area contributed by atoms with Crippen molar-refractivity contribution in [3.63, 3.8) is 0 Å². The number of hydrogen-bond acceptors (Lipinski definition) is 6. The Morgan fingerprint density at radius 2 is 1.85 bits per heavy atom. The van der Waals surface area contributed by atoms with Crippen molar-refractivity contribution in [3.8, 4) is 22.8 Å². The minimum absolute atomic E-state index is 0.0573. The number of nitrogens with zero attached hydrogens (tertiary/aromatic N) is 2. The van der Waals surface area contributed by atoms with Crippen molar-refractivity contribution in [1.82, 2.24) is 15.3 Å². The number of halogens is 4. The number of carbonyl (C=O) groups excluding carboxylic acids is 1. The predicted molar refractivity (Wildman–Crippen MR) is 110 cm³/mol. The second-order valence-corrected chi connectivity index (χ2v) is 7.28. The minimum atomic E-state index is -1.43. The van der Waals surface area contributed by atoms with Crippen LogP contribution in [0.5, 0.6) is 11.6 Å². The molecule has 11 heteroatoms. The molecule has 0 saturated carbocycles. The summed E-state index contributed by atoms with van der Waals surface area (Å²) in [6.07, 6.45) is 2.47. The first-order valence-electron chi connectivity index (χ1n) is 9.85. The van der Waals surface area contributed by atoms with Crippen LogP contribution in [0, 0.1) is 29.2 Å². The van der Waals surface area contributed by atoms with Crippen molar-refractivity contribution < 1.29 is 31.8 Å². The molecule has 0 bridgehead atoms. The lowest BCUT2D eigenvalue weighted by Crippen LogP contribution is -2.45. The first kappa shape index (κ1) is 22.5. The zero-order chi connectivity index (χ0) is 23.5. The molecule has 1 aliphatic heterocycles. The third-order valence-corrected chi connectivity index (χ3v) is 5.08. The maximum atomic E-state index is 15.2. The fraction of sp³-hybridized carbons (Fsp3) is 0.227. The van der Waals surface area contributed by atoms with E-state index < -0.39 is 45.9 Å². The number of hydrogen-bond donors (Lipinski definition) is 2. The van der Waals surface area contributed by atoms with Gasteiger partial charge in [-0.1, -0.05) is 0 Å². The number of amides is 1. The molecule has 2 heterocycles. The lowest BCUT2D eigenvalue weighted by atomic mass is 9.99. The molecule has 1 aliphatic rings. The molecule has 3 aromatic rings. The fourth-order valence-corrected chi connectivity index (χ4v) is 3.24. The molecule has 0 spiro atoms. The third-order valence-electron chi connectivity index (χ3n) is 5.08. The summed E-state index contributed by atoms with van der Waals surface area (Å²) in [5, 5.41) is 5.49. The lowest BCUT2D eigenvalue weighted by molar-refractivity contribution is 0.102. The van der Waals surface area contributed by atoms with Gasteiger partial charge in [0.15, 0.2) is 0 Å². The van der Waals surface area contributed by atoms with Crippen molar-refractivity contribution in [2.24, 2.45) is 5.92 Å². The fourth-order valence-electron chi connectivity index (χ4n) is 3.24. The van der Waals surface area contributed by atoms with Gasteiger partial charge < -0.3 is 20.1 Å². The first-order chi connectivity index (χ1) is 15.9. The average molecular weight is 462 g/mol. The SMILES string of the molecule is COc1cc(F)c(-c2c(F)ccc(C(=O)Nc3cncnc3OCC3CNC3)c2F)c(F)c1. The summed E-state index contributed by atoms with van der Waals surface area (Å²) in [5.74, 6) is -6.00. The summed E-state index contributed by atoms with van der Waals surface area (Å²) in [5.41, 5.74) is -2.55. The number of carbonyl (C=O) groups is 1. The van der Waals surface area contributed by atoms with E-state index >= 15 is 4.39 Å². The van der Waals surface area contributed by atoms with E-state index in [1.54, 1.807) is 0 Å². The van der Waals surface area contributed by atoms with Gasteiger partial charge in [0.25, 0.3) is 5.91 Å². The van der Waals surface area contributed by atoms with Crippen LogP contribution < -0.4 is 20.1 Å². The van der Waals surface area contributed by atoms with Crippen LogP contribution in [0.1, 0.15) is 10.4 Å². The van der Waals surface area contributed by atoms with Crippen LogP contribution in [0.15, 0.2) is 36.8 Å². The van der Waals surface area contributed by atoms with Crippen LogP contribution in [0.4, 0.5) is 23.2 Å². The highest BCUT2D eigenvalue weighted by Gasteiger charge is 2.26. The quantitative estimate of drug-likeness (QED) is 0.523. The first-order valence-corrected chi connectivity index (χ1v) is 9.85. The topological polar surface area (TPSA) is 85.4 Å². The molecule has 2 aromatic carbocycles. The Morgan fingerprint density at radius 1 is 1.12 bits per heavy atom. The highest BCUT2D eigenvalue weighted by molar-refractivity contribution is 6.05. The van der Waals surface area contributed by atoms with Gasteiger partial charge in [-0.05, 0) is 12.1 Å². The number of anilines is 1. The number of methoxy groups -OCH3 is 1. The van der Waals surface area contributed by atoms with Crippen molar-refractivity contribution in [2.75, 3.05) is 32.1 Å². The molecule has 0 radical (unpaired) electrons. The molecule has 0 unspecified atom stereocenters. The molecule has 4 rings (SSSR count). The maximum absolute atomic E-state index is 15.2. The van der Waals surface area contributed by atoms with Gasteiger partial charge in [0.05, 0.1) is 36.6 Å². The highest BCUT2D eigenvalue weighted by Crippen LogP contribution is 2.35. The monoisotopic (exact) mass is 462 g/mol. The second kappa shape index (κ2) is 9.41. The van der Waals surface area contributed by atoms with Crippen LogP contribution in [0.3, 0.4) is 0 Å². The van der Waals surface area contributed by atoms with Crippen LogP contribution in [0.2, 0.25) is 0 Å². The van der Waals surface area contributed by atoms with E-state index in [4.69, 9.17) is 9.47 Å². The number of benzene rings is 2. The summed E-state index contributed by atoms with van der Waals surface area (Å²) in [6, 6.07) is 3.19. The van der Waals surface area contributed by atoms with Gasteiger partial charge in [-0.25, -0.2) is 22.5 Å². The molecular formula is C22H18F4N4O3. The Kier molecular flexibility index (Phi) is 6.40. The minimum Gasteiger partial charge on any atom is -0.497 e. The largest absolute Gasteiger partial charge is 0.497 e. The second-order valence-electron chi connectivity index (χ2n) is 7.28. The normalized spacial score (nSPS) is 13.4. The predicted octanol–water partition coefficient (Wildman–Crippen LogP) is 3.56. The van der Waals surface area contributed by atoms with Crippen LogP contribution in [-0.2, 0) is 0 Å². The van der Waals surface area contributed by atoms with Crippen molar-refractivity contribution in [2.45, 2.75) is 0 Å². The Labute approximate surface area is 185 Å². The van der Waals surface area contributed by atoms with Crippen molar-refractivity contribution in [1.29, 1.82) is 0 Å². The van der Waals surface area contributed by atoms with E-state index in [0.29, 0.717) is 6.61 Å². The van der Waals surface area contributed by atoms with Crippen LogP contribution in [-0.4, -0.2) is 42.7 Å². The maximum Gasteiger partial charge on any atom is 0.258 e. The summed E-state index contributed by atoms with van der Waals surface area (Å²) in [6.45, 7) is 1.92. The standard InChI is InChI=1S/C22H18F4N4O3/c1-32-12-4-15(24)18(16(25)5-12)19-14(23)3-2-13(20(19)26)21(31)30-17-8-28-10-29-22(17)33-9-11-6-27-7-11/h2-5,8,10-11,27H,6-7,9H2,1H3,(H,30,31). The Balaban J connectivity index is 1.64. The van der Waals surface area contributed by atoms with E-state index in [1.165, 1.54) is 19.6 Å². The molecule has 0 atom stereocenters. The van der Waals surface area contributed by atoms with Gasteiger partial charge in [0, 0.05) is 31.1 Å². The van der Waals surface area contributed by atoms with E-state index in [1.807, 2.05) is 0 Å². The van der Waals surface area contributed by atoms with Crippen LogP contribution in [0.25, 0.3) is 11.1 Å². The number of nitrogens with one attached hydrogen (secondary N) is 2. The smallest absolute Gasteiger partial charge is 0.258 e. The third kappa shape index (κ3) is 4.58. The van der Waals surface area contributed by atoms with Gasteiger partial charge in [-0.15, -0.1) is 0 Å². The Morgan fingerprint density at radius 3 is 2.48 bits per heavy atom.